The third-order valence-corrected chi connectivity index (χ3v) is 8.01. The van der Waals surface area contributed by atoms with Crippen LogP contribution in [0.15, 0.2) is 121 Å². The molecule has 0 amide bonds. The molecule has 0 bridgehead atoms. The molecule has 4 aromatic carbocycles. The lowest BCUT2D eigenvalue weighted by atomic mass is 9.97. The molecule has 0 saturated carbocycles. The van der Waals surface area contributed by atoms with E-state index in [2.05, 4.69) is 119 Å². The van der Waals surface area contributed by atoms with E-state index in [0.717, 1.165) is 45.4 Å². The van der Waals surface area contributed by atoms with Crippen molar-refractivity contribution < 1.29 is 0 Å². The first kappa shape index (κ1) is 22.8. The van der Waals surface area contributed by atoms with Crippen LogP contribution in [0.25, 0.3) is 50.0 Å². The van der Waals surface area contributed by atoms with Crippen molar-refractivity contribution in [3.8, 4) is 22.4 Å². The minimum absolute atomic E-state index is 0.135. The van der Waals surface area contributed by atoms with Gasteiger partial charge in [-0.3, -0.25) is 4.40 Å². The van der Waals surface area contributed by atoms with E-state index in [9.17, 15) is 0 Å². The van der Waals surface area contributed by atoms with Gasteiger partial charge in [0.2, 0.25) is 0 Å². The standard InChI is InChI=1S/C35H27N5/c1-2-39-30-15-6-5-14-29(30)36-34(39)24-19-17-23(18-20-24)25-10-9-11-26(22-25)32-27-12-3-4-13-28(27)33-35(38-32)40-21-8-7-16-31(40)37-33/h3-22,34,36H,2H2,1H3. The highest BCUT2D eigenvalue weighted by molar-refractivity contribution is 6.09. The lowest BCUT2D eigenvalue weighted by molar-refractivity contribution is 0.735. The molecule has 3 aromatic heterocycles. The highest BCUT2D eigenvalue weighted by Crippen LogP contribution is 2.41. The molecule has 0 radical (unpaired) electrons. The van der Waals surface area contributed by atoms with Gasteiger partial charge in [0.25, 0.3) is 0 Å². The first-order chi connectivity index (χ1) is 19.8. The number of rotatable bonds is 4. The Kier molecular flexibility index (Phi) is 5.10. The number of nitrogens with one attached hydrogen (secondary N) is 1. The Hall–Kier alpha value is -5.16. The highest BCUT2D eigenvalue weighted by atomic mass is 15.3. The molecule has 192 valence electrons. The fraction of sp³-hybridized carbons (Fsp3) is 0.0857. The third kappa shape index (κ3) is 3.48. The molecule has 0 spiro atoms. The van der Waals surface area contributed by atoms with Crippen LogP contribution in [0.2, 0.25) is 0 Å². The maximum Gasteiger partial charge on any atom is 0.165 e. The summed E-state index contributed by atoms with van der Waals surface area (Å²) in [6, 6.07) is 40.7. The van der Waals surface area contributed by atoms with Gasteiger partial charge in [-0.25, -0.2) is 9.97 Å². The number of nitrogens with zero attached hydrogens (tertiary/aromatic N) is 4. The summed E-state index contributed by atoms with van der Waals surface area (Å²) in [4.78, 5) is 12.5. The van der Waals surface area contributed by atoms with Gasteiger partial charge in [-0.2, -0.15) is 0 Å². The van der Waals surface area contributed by atoms with Crippen LogP contribution in [0, 0.1) is 0 Å². The Labute approximate surface area is 232 Å². The average Bonchev–Trinajstić information content (AvgIpc) is 3.59. The molecule has 1 atom stereocenters. The number of hydrogen-bond donors (Lipinski definition) is 1. The van der Waals surface area contributed by atoms with Crippen LogP contribution in [0.5, 0.6) is 0 Å². The number of pyridine rings is 2. The van der Waals surface area contributed by atoms with Crippen molar-refractivity contribution in [2.75, 3.05) is 16.8 Å². The molecule has 7 aromatic rings. The molecule has 0 aliphatic carbocycles. The van der Waals surface area contributed by atoms with Crippen molar-refractivity contribution >= 4 is 39.0 Å². The predicted octanol–water partition coefficient (Wildman–Crippen LogP) is 8.32. The molecule has 8 rings (SSSR count). The lowest BCUT2D eigenvalue weighted by Gasteiger charge is -2.26. The maximum absolute atomic E-state index is 5.19. The zero-order chi connectivity index (χ0) is 26.6. The van der Waals surface area contributed by atoms with E-state index in [1.165, 1.54) is 28.1 Å². The van der Waals surface area contributed by atoms with Gasteiger partial charge in [-0.05, 0) is 53.9 Å². The molecule has 5 heteroatoms. The third-order valence-electron chi connectivity index (χ3n) is 8.01. The Balaban J connectivity index is 1.19. The number of aromatic nitrogens is 3. The largest absolute Gasteiger partial charge is 0.360 e. The number of fused-ring (bicyclic) bond motifs is 6. The van der Waals surface area contributed by atoms with Gasteiger partial charge in [0.05, 0.1) is 17.1 Å². The fourth-order valence-electron chi connectivity index (χ4n) is 6.08. The normalized spacial score (nSPS) is 14.6. The summed E-state index contributed by atoms with van der Waals surface area (Å²) in [7, 11) is 0. The van der Waals surface area contributed by atoms with E-state index in [4.69, 9.17) is 9.97 Å². The molecule has 1 N–H and O–H groups in total. The van der Waals surface area contributed by atoms with Crippen LogP contribution in [-0.4, -0.2) is 20.9 Å². The number of para-hydroxylation sites is 2. The molecule has 1 aliphatic rings. The van der Waals surface area contributed by atoms with Gasteiger partial charge >= 0.3 is 0 Å². The number of benzene rings is 4. The second-order valence-electron chi connectivity index (χ2n) is 10.3. The van der Waals surface area contributed by atoms with E-state index in [1.54, 1.807) is 0 Å². The van der Waals surface area contributed by atoms with E-state index >= 15 is 0 Å². The van der Waals surface area contributed by atoms with Gasteiger partial charge in [-0.1, -0.05) is 84.9 Å². The monoisotopic (exact) mass is 517 g/mol. The lowest BCUT2D eigenvalue weighted by Crippen LogP contribution is -2.27. The van der Waals surface area contributed by atoms with E-state index in [-0.39, 0.29) is 6.17 Å². The van der Waals surface area contributed by atoms with Crippen molar-refractivity contribution in [3.05, 3.63) is 127 Å². The Morgan fingerprint density at radius 3 is 2.35 bits per heavy atom. The highest BCUT2D eigenvalue weighted by Gasteiger charge is 2.28. The maximum atomic E-state index is 5.19. The summed E-state index contributed by atoms with van der Waals surface area (Å²) in [5.41, 5.74) is 10.8. The first-order valence-corrected chi connectivity index (χ1v) is 13.8. The number of imidazole rings is 1. The predicted molar refractivity (Wildman–Crippen MR) is 165 cm³/mol. The second kappa shape index (κ2) is 8.95. The minimum Gasteiger partial charge on any atom is -0.360 e. The van der Waals surface area contributed by atoms with E-state index < -0.39 is 0 Å². The molecule has 0 saturated heterocycles. The van der Waals surface area contributed by atoms with Crippen molar-refractivity contribution in [1.29, 1.82) is 0 Å². The van der Waals surface area contributed by atoms with Crippen molar-refractivity contribution in [2.45, 2.75) is 13.1 Å². The van der Waals surface area contributed by atoms with Crippen molar-refractivity contribution in [1.82, 2.24) is 14.4 Å². The summed E-state index contributed by atoms with van der Waals surface area (Å²) in [6.07, 6.45) is 2.17. The first-order valence-electron chi connectivity index (χ1n) is 13.8. The zero-order valence-corrected chi connectivity index (χ0v) is 22.1. The smallest absolute Gasteiger partial charge is 0.165 e. The Morgan fingerprint density at radius 2 is 1.48 bits per heavy atom. The van der Waals surface area contributed by atoms with Crippen LogP contribution in [-0.2, 0) is 0 Å². The van der Waals surface area contributed by atoms with Gasteiger partial charge in [-0.15, -0.1) is 0 Å². The van der Waals surface area contributed by atoms with Gasteiger partial charge in [0.1, 0.15) is 17.3 Å². The van der Waals surface area contributed by atoms with E-state index in [1.807, 2.05) is 24.4 Å². The Morgan fingerprint density at radius 1 is 0.700 bits per heavy atom. The van der Waals surface area contributed by atoms with Crippen LogP contribution in [0.3, 0.4) is 0 Å². The summed E-state index contributed by atoms with van der Waals surface area (Å²) in [6.45, 7) is 3.15. The van der Waals surface area contributed by atoms with Crippen LogP contribution < -0.4 is 10.2 Å². The minimum atomic E-state index is 0.135. The van der Waals surface area contributed by atoms with Crippen LogP contribution in [0.1, 0.15) is 18.7 Å². The van der Waals surface area contributed by atoms with Crippen LogP contribution in [0.4, 0.5) is 11.4 Å². The molecule has 0 fully saturated rings. The molecule has 40 heavy (non-hydrogen) atoms. The summed E-state index contributed by atoms with van der Waals surface area (Å²) in [5.74, 6) is 0. The quantitative estimate of drug-likeness (QED) is 0.255. The second-order valence-corrected chi connectivity index (χ2v) is 10.3. The molecule has 4 heterocycles. The summed E-state index contributed by atoms with van der Waals surface area (Å²) < 4.78 is 2.07. The molecule has 1 aliphatic heterocycles. The van der Waals surface area contributed by atoms with Crippen molar-refractivity contribution in [2.24, 2.45) is 0 Å². The summed E-state index contributed by atoms with van der Waals surface area (Å²) in [5, 5.41) is 5.92. The Bertz CT molecular complexity index is 2040. The zero-order valence-electron chi connectivity index (χ0n) is 22.1. The average molecular weight is 518 g/mol. The summed E-state index contributed by atoms with van der Waals surface area (Å²) >= 11 is 0. The van der Waals surface area contributed by atoms with Gasteiger partial charge < -0.3 is 10.2 Å². The van der Waals surface area contributed by atoms with Gasteiger partial charge in [0, 0.05) is 29.1 Å². The number of anilines is 2. The molecule has 5 nitrogen and oxygen atoms in total. The topological polar surface area (TPSA) is 45.5 Å². The van der Waals surface area contributed by atoms with Crippen molar-refractivity contribution in [3.63, 3.8) is 0 Å². The van der Waals surface area contributed by atoms with Gasteiger partial charge in [0.15, 0.2) is 5.65 Å². The number of hydrogen-bond acceptors (Lipinski definition) is 4. The molecule has 1 unspecified atom stereocenters. The SMILES string of the molecule is CCN1c2ccccc2NC1c1ccc(-c2cccc(-c3nc4c(nc5ccccn54)c4ccccc34)c2)cc1. The van der Waals surface area contributed by atoms with E-state index in [0.29, 0.717) is 0 Å². The fourth-order valence-corrected chi connectivity index (χ4v) is 6.08. The molecular formula is C35H27N5. The van der Waals surface area contributed by atoms with Crippen LogP contribution >= 0.6 is 0 Å². The molecular weight excluding hydrogens is 490 g/mol.